The number of methoxy groups -OCH3 is 1. The van der Waals surface area contributed by atoms with E-state index in [0.717, 1.165) is 69.4 Å². The van der Waals surface area contributed by atoms with Gasteiger partial charge in [-0.25, -0.2) is 0 Å². The number of piperidine rings is 1. The van der Waals surface area contributed by atoms with Crippen molar-refractivity contribution in [2.75, 3.05) is 82.1 Å². The molecule has 0 unspecified atom stereocenters. The molecule has 0 radical (unpaired) electrons. The molecule has 103 heavy (non-hydrogen) atoms. The summed E-state index contributed by atoms with van der Waals surface area (Å²) in [6.07, 6.45) is 7.74. The van der Waals surface area contributed by atoms with E-state index in [1.165, 1.54) is 95.6 Å². The molecule has 28 heteroatoms. The fraction of sp³-hybridized carbons (Fsp3) is 0.733. The molecule has 12 amide bonds. The van der Waals surface area contributed by atoms with Gasteiger partial charge in [-0.1, -0.05) is 98.0 Å². The zero-order valence-corrected chi connectivity index (χ0v) is 62.7. The van der Waals surface area contributed by atoms with Crippen molar-refractivity contribution < 1.29 is 75.4 Å². The monoisotopic (exact) mass is 1450 g/mol. The van der Waals surface area contributed by atoms with Crippen LogP contribution in [0.15, 0.2) is 30.0 Å². The van der Waals surface area contributed by atoms with Crippen molar-refractivity contribution in [1.82, 2.24) is 60.0 Å². The Morgan fingerprint density at radius 2 is 1.32 bits per heavy atom. The molecule has 0 bridgehead atoms. The lowest BCUT2D eigenvalue weighted by atomic mass is 9.84. The molecule has 7 aliphatic rings. The quantitative estimate of drug-likeness (QED) is 0.215. The number of rotatable bonds is 12. The van der Waals surface area contributed by atoms with Gasteiger partial charge in [0.05, 0.1) is 25.6 Å². The fourth-order valence-electron chi connectivity index (χ4n) is 16.4. The first-order valence-corrected chi connectivity index (χ1v) is 37.6. The van der Waals surface area contributed by atoms with E-state index < -0.39 is 167 Å². The maximum atomic E-state index is 15.8. The average molecular weight is 1450 g/mol. The smallest absolute Gasteiger partial charge is 0.419 e. The molecule has 3 N–H and O–H groups in total. The highest BCUT2D eigenvalue weighted by molar-refractivity contribution is 6.04. The first-order valence-electron chi connectivity index (χ1n) is 37.6. The topological polar surface area (TPSA) is 279 Å². The number of carbonyl (C=O) groups is 12. The number of nitrogens with one attached hydrogen (secondary N) is 3. The number of likely N-dealkylation sites (tertiary alicyclic amines) is 1. The molecule has 1 aromatic carbocycles. The number of benzene rings is 1. The molecule has 1 aromatic rings. The summed E-state index contributed by atoms with van der Waals surface area (Å²) in [4.78, 5) is 193. The van der Waals surface area contributed by atoms with Crippen LogP contribution in [0.4, 0.5) is 13.2 Å². The van der Waals surface area contributed by atoms with Crippen LogP contribution in [0.3, 0.4) is 0 Å². The SMILES string of the molecule is CC[C@H](C)[C@@H]1NC(=O)[C@H](CC(C)C)N(C)C(=O)C[C@@H](C(=O)N2CCCCC2)N(C)C(=O)[C@H](C2CCCC2)N(C)C(=O)C2(CCCC2)NC(=O)[C@@H]2CCCN2C(=O)[C@H](CCc2ccc(C(F)(F)F)c(OC)c2)NC(=O)CN(C)C(=O)[C@H](CC2CCCCC2)N(C)C(=O)C2=CCN2C(=O)[C@H](C)N(C)C1=O. The lowest BCUT2D eigenvalue weighted by Crippen LogP contribution is -2.65. The maximum Gasteiger partial charge on any atom is 0.419 e. The van der Waals surface area contributed by atoms with Crippen LogP contribution in [-0.4, -0.2) is 251 Å². The number of amides is 12. The van der Waals surface area contributed by atoms with Gasteiger partial charge in [-0.2, -0.15) is 13.2 Å². The van der Waals surface area contributed by atoms with Gasteiger partial charge in [0.2, 0.25) is 65.0 Å². The number of halogens is 3. The van der Waals surface area contributed by atoms with Gasteiger partial charge >= 0.3 is 6.18 Å². The summed E-state index contributed by atoms with van der Waals surface area (Å²) in [6, 6.07) is -6.64. The number of alkyl halides is 3. The van der Waals surface area contributed by atoms with Crippen molar-refractivity contribution in [1.29, 1.82) is 0 Å². The lowest BCUT2D eigenvalue weighted by Gasteiger charge is -2.42. The van der Waals surface area contributed by atoms with E-state index in [2.05, 4.69) is 16.0 Å². The zero-order valence-electron chi connectivity index (χ0n) is 62.7. The molecule has 1 spiro atoms. The molecule has 3 saturated carbocycles. The van der Waals surface area contributed by atoms with Crippen LogP contribution in [0.1, 0.15) is 193 Å². The molecule has 572 valence electrons. The van der Waals surface area contributed by atoms with Gasteiger partial charge < -0.3 is 64.8 Å². The third kappa shape index (κ3) is 18.8. The molecule has 0 aromatic heterocycles. The van der Waals surface area contributed by atoms with Gasteiger partial charge in [-0.3, -0.25) is 57.5 Å². The van der Waals surface area contributed by atoms with E-state index in [1.54, 1.807) is 17.9 Å². The first-order chi connectivity index (χ1) is 48.7. The Hall–Kier alpha value is -7.81. The largest absolute Gasteiger partial charge is 0.496 e. The molecular formula is C75H113F3N12O13. The van der Waals surface area contributed by atoms with E-state index in [4.69, 9.17) is 4.74 Å². The summed E-state index contributed by atoms with van der Waals surface area (Å²) in [7, 11) is 9.79. The van der Waals surface area contributed by atoms with Crippen LogP contribution in [-0.2, 0) is 70.1 Å². The Morgan fingerprint density at radius 3 is 1.92 bits per heavy atom. The Kier molecular flexibility index (Phi) is 27.7. The van der Waals surface area contributed by atoms with Crippen molar-refractivity contribution in [3.05, 3.63) is 41.1 Å². The normalized spacial score (nSPS) is 27.4. The molecule has 3 saturated heterocycles. The van der Waals surface area contributed by atoms with Crippen LogP contribution in [0.2, 0.25) is 0 Å². The minimum Gasteiger partial charge on any atom is -0.496 e. The van der Waals surface area contributed by atoms with Gasteiger partial charge in [0, 0.05) is 68.5 Å². The predicted octanol–water partition coefficient (Wildman–Crippen LogP) is 6.04. The number of fused-ring (bicyclic) bond motifs is 2. The third-order valence-corrected chi connectivity index (χ3v) is 23.2. The number of nitrogens with zero attached hydrogens (tertiary/aromatic N) is 9. The second-order valence-corrected chi connectivity index (χ2v) is 30.7. The Morgan fingerprint density at radius 1 is 0.680 bits per heavy atom. The summed E-state index contributed by atoms with van der Waals surface area (Å²) in [5.41, 5.74) is -2.31. The van der Waals surface area contributed by atoms with E-state index >= 15 is 33.6 Å². The molecule has 8 rings (SSSR count). The zero-order chi connectivity index (χ0) is 75.5. The van der Waals surface area contributed by atoms with Crippen molar-refractivity contribution in [3.63, 3.8) is 0 Å². The van der Waals surface area contributed by atoms with Crippen LogP contribution in [0.5, 0.6) is 5.75 Å². The first kappa shape index (κ1) is 80.9. The van der Waals surface area contributed by atoms with Gasteiger partial charge in [-0.15, -0.1) is 0 Å². The lowest BCUT2D eigenvalue weighted by molar-refractivity contribution is -0.156. The highest BCUT2D eigenvalue weighted by Gasteiger charge is 2.52. The standard InChI is InChI=1S/C75H113F3N12O13/c1-13-47(4)62-71(100)83(7)48(5)66(95)90-40-34-55(90)69(98)85(9)57(42-49-25-16-14-17-26-49)68(97)82(6)45-60(91)79-53(33-31-50-30-32-52(75(76,77)78)59(43-50)103-12)67(96)89-39-24-29-54(89)65(94)81-74(35-20-21-36-74)73(102)87(11)63(51-27-18-19-28-51)72(101)86(10)58(70(99)88-37-22-15-23-38-88)44-61(92)84(8)56(41-46(2)3)64(93)80-62/h30,32,34,43,46-49,51,53-54,56-58,62-63H,13-29,31,33,35-42,44-45H2,1-12H3,(H,79,91)(H,80,93)(H,81,94)/t47-,48-,53-,54-,56-,57-,58-,62-,63-/m0/s1. The molecule has 3 aliphatic carbocycles. The summed E-state index contributed by atoms with van der Waals surface area (Å²) in [6.45, 7) is 9.02. The molecule has 9 atom stereocenters. The van der Waals surface area contributed by atoms with Crippen LogP contribution in [0, 0.1) is 23.7 Å². The van der Waals surface area contributed by atoms with E-state index in [1.807, 2.05) is 20.8 Å². The van der Waals surface area contributed by atoms with E-state index in [9.17, 15) is 37.1 Å². The maximum absolute atomic E-state index is 15.8. The van der Waals surface area contributed by atoms with Gasteiger partial charge in [0.1, 0.15) is 65.3 Å². The van der Waals surface area contributed by atoms with Crippen LogP contribution in [0.25, 0.3) is 0 Å². The number of aryl methyl sites for hydroxylation is 1. The van der Waals surface area contributed by atoms with E-state index in [-0.39, 0.29) is 75.6 Å². The van der Waals surface area contributed by atoms with Crippen LogP contribution < -0.4 is 20.7 Å². The minimum atomic E-state index is -4.75. The number of ether oxygens (including phenoxy) is 1. The summed E-state index contributed by atoms with van der Waals surface area (Å²) >= 11 is 0. The highest BCUT2D eigenvalue weighted by atomic mass is 19.4. The number of likely N-dealkylation sites (N-methyl/N-ethyl adjacent to an activating group) is 6. The van der Waals surface area contributed by atoms with Crippen molar-refractivity contribution >= 4 is 70.9 Å². The minimum absolute atomic E-state index is 0.00528. The summed E-state index contributed by atoms with van der Waals surface area (Å²) in [5.74, 6) is -9.21. The molecular weight excluding hydrogens is 1330 g/mol. The summed E-state index contributed by atoms with van der Waals surface area (Å²) in [5, 5.41) is 8.83. The van der Waals surface area contributed by atoms with Gasteiger partial charge in [0.25, 0.3) is 5.91 Å². The van der Waals surface area contributed by atoms with Crippen molar-refractivity contribution in [3.8, 4) is 5.75 Å². The third-order valence-electron chi connectivity index (χ3n) is 23.2. The molecule has 6 fully saturated rings. The molecule has 4 heterocycles. The number of hydrogen-bond acceptors (Lipinski definition) is 13. The summed E-state index contributed by atoms with van der Waals surface area (Å²) < 4.78 is 47.4. The van der Waals surface area contributed by atoms with E-state index in [0.29, 0.717) is 70.0 Å². The van der Waals surface area contributed by atoms with Crippen molar-refractivity contribution in [2.24, 2.45) is 23.7 Å². The number of hydrogen-bond donors (Lipinski definition) is 3. The van der Waals surface area contributed by atoms with Crippen molar-refractivity contribution in [2.45, 2.75) is 249 Å². The average Bonchev–Trinajstić information content (AvgIpc) is 1.64. The Labute approximate surface area is 605 Å². The predicted molar refractivity (Wildman–Crippen MR) is 377 cm³/mol. The number of carbonyl (C=O) groups excluding carboxylic acids is 12. The second-order valence-electron chi connectivity index (χ2n) is 30.7. The van der Waals surface area contributed by atoms with Gasteiger partial charge in [-0.05, 0) is 138 Å². The molecule has 25 nitrogen and oxygen atoms in total. The second kappa shape index (κ2) is 35.3. The Balaban J connectivity index is 1.18. The van der Waals surface area contributed by atoms with Gasteiger partial charge in [0.15, 0.2) is 0 Å². The fourth-order valence-corrected chi connectivity index (χ4v) is 16.4. The highest BCUT2D eigenvalue weighted by Crippen LogP contribution is 2.40. The van der Waals surface area contributed by atoms with Crippen LogP contribution >= 0.6 is 0 Å². The molecule has 4 aliphatic heterocycles. The Bertz CT molecular complexity index is 3310.